The lowest BCUT2D eigenvalue weighted by atomic mass is 10.3. The third kappa shape index (κ3) is 4.84. The number of halogens is 1. The fourth-order valence-electron chi connectivity index (χ4n) is 1.91. The second-order valence-corrected chi connectivity index (χ2v) is 6.57. The number of rotatable bonds is 8. The number of aromatic nitrogens is 3. The van der Waals surface area contributed by atoms with Gasteiger partial charge in [0.1, 0.15) is 5.75 Å². The predicted octanol–water partition coefficient (Wildman–Crippen LogP) is 2.94. The fourth-order valence-corrected chi connectivity index (χ4v) is 2.87. The molecule has 0 aliphatic rings. The molecule has 6 nitrogen and oxygen atoms in total. The van der Waals surface area contributed by atoms with E-state index in [1.807, 2.05) is 35.8 Å². The molecule has 1 aromatic heterocycles. The summed E-state index contributed by atoms with van der Waals surface area (Å²) in [6, 6.07) is 7.56. The van der Waals surface area contributed by atoms with Gasteiger partial charge in [0, 0.05) is 11.0 Å². The summed E-state index contributed by atoms with van der Waals surface area (Å²) in [5.74, 6) is 1.15. The summed E-state index contributed by atoms with van der Waals surface area (Å²) < 4.78 is 8.75. The van der Waals surface area contributed by atoms with E-state index in [0.717, 1.165) is 10.2 Å². The molecule has 2 rings (SSSR count). The molecule has 1 unspecified atom stereocenters. The average Bonchev–Trinajstić information content (AvgIpc) is 2.91. The third-order valence-corrected chi connectivity index (χ3v) is 4.41. The van der Waals surface area contributed by atoms with Gasteiger partial charge in [0.05, 0.1) is 5.75 Å². The number of amides is 1. The molecular formula is C15H17BrN4O2S. The Kier molecular flexibility index (Phi) is 6.23. The lowest BCUT2D eigenvalue weighted by Crippen LogP contribution is -2.15. The van der Waals surface area contributed by atoms with Crippen LogP contribution in [-0.2, 0) is 11.3 Å². The molecule has 2 aromatic rings. The third-order valence-electron chi connectivity index (χ3n) is 2.89. The van der Waals surface area contributed by atoms with E-state index >= 15 is 0 Å². The molecule has 0 fully saturated rings. The Bertz CT molecular complexity index is 687. The molecule has 0 spiro atoms. The number of nitrogens with zero attached hydrogens (tertiary/aromatic N) is 3. The molecule has 0 aliphatic heterocycles. The van der Waals surface area contributed by atoms with Gasteiger partial charge in [-0.3, -0.25) is 9.36 Å². The van der Waals surface area contributed by atoms with Crippen molar-refractivity contribution in [3.63, 3.8) is 0 Å². The van der Waals surface area contributed by atoms with Gasteiger partial charge < -0.3 is 10.5 Å². The summed E-state index contributed by atoms with van der Waals surface area (Å²) in [6.07, 6.45) is 1.44. The van der Waals surface area contributed by atoms with Crippen molar-refractivity contribution >= 4 is 33.6 Å². The summed E-state index contributed by atoms with van der Waals surface area (Å²) in [7, 11) is 0. The summed E-state index contributed by atoms with van der Waals surface area (Å²) in [5, 5.41) is 8.92. The van der Waals surface area contributed by atoms with E-state index in [0.29, 0.717) is 17.5 Å². The largest absolute Gasteiger partial charge is 0.483 e. The van der Waals surface area contributed by atoms with Crippen LogP contribution in [0.4, 0.5) is 0 Å². The molecule has 0 aliphatic carbocycles. The highest BCUT2D eigenvalue weighted by atomic mass is 79.9. The summed E-state index contributed by atoms with van der Waals surface area (Å²) in [6.45, 7) is 6.17. The Labute approximate surface area is 147 Å². The highest BCUT2D eigenvalue weighted by Gasteiger charge is 2.19. The molecule has 8 heteroatoms. The molecule has 1 atom stereocenters. The SMILES string of the molecule is C=CCn1c(SCC(N)=O)nnc1C(C)Oc1ccc(Br)cc1. The van der Waals surface area contributed by atoms with Crippen molar-refractivity contribution in [3.05, 3.63) is 47.2 Å². The van der Waals surface area contributed by atoms with Crippen molar-refractivity contribution in [2.45, 2.75) is 24.7 Å². The Balaban J connectivity index is 2.17. The Hall–Kier alpha value is -1.80. The van der Waals surface area contributed by atoms with Gasteiger partial charge in [-0.2, -0.15) is 0 Å². The van der Waals surface area contributed by atoms with E-state index in [-0.39, 0.29) is 11.9 Å². The van der Waals surface area contributed by atoms with Gasteiger partial charge in [0.25, 0.3) is 0 Å². The van der Waals surface area contributed by atoms with Crippen LogP contribution >= 0.6 is 27.7 Å². The van der Waals surface area contributed by atoms with Gasteiger partial charge >= 0.3 is 0 Å². The first-order valence-corrected chi connectivity index (χ1v) is 8.66. The molecule has 0 bridgehead atoms. The molecule has 0 saturated heterocycles. The molecular weight excluding hydrogens is 380 g/mol. The number of ether oxygens (including phenoxy) is 1. The first-order chi connectivity index (χ1) is 11.0. The Morgan fingerprint density at radius 2 is 2.17 bits per heavy atom. The Morgan fingerprint density at radius 1 is 1.48 bits per heavy atom. The van der Waals surface area contributed by atoms with Gasteiger partial charge in [0.15, 0.2) is 17.1 Å². The summed E-state index contributed by atoms with van der Waals surface area (Å²) >= 11 is 4.63. The number of carbonyl (C=O) groups is 1. The molecule has 122 valence electrons. The molecule has 0 radical (unpaired) electrons. The van der Waals surface area contributed by atoms with Crippen molar-refractivity contribution in [2.75, 3.05) is 5.75 Å². The zero-order valence-electron chi connectivity index (χ0n) is 12.6. The molecule has 0 saturated carbocycles. The molecule has 1 amide bonds. The van der Waals surface area contributed by atoms with Crippen molar-refractivity contribution in [1.29, 1.82) is 0 Å². The minimum atomic E-state index is -0.399. The van der Waals surface area contributed by atoms with Crippen molar-refractivity contribution in [3.8, 4) is 5.75 Å². The van der Waals surface area contributed by atoms with Crippen LogP contribution in [0.15, 0.2) is 46.5 Å². The first-order valence-electron chi connectivity index (χ1n) is 6.88. The van der Waals surface area contributed by atoms with Gasteiger partial charge in [-0.1, -0.05) is 33.8 Å². The van der Waals surface area contributed by atoms with Crippen LogP contribution in [0.1, 0.15) is 18.9 Å². The van der Waals surface area contributed by atoms with Crippen molar-refractivity contribution < 1.29 is 9.53 Å². The maximum atomic E-state index is 10.9. The van der Waals surface area contributed by atoms with Crippen LogP contribution in [-0.4, -0.2) is 26.4 Å². The zero-order valence-corrected chi connectivity index (χ0v) is 15.0. The van der Waals surface area contributed by atoms with Crippen LogP contribution in [0.5, 0.6) is 5.75 Å². The van der Waals surface area contributed by atoms with Crippen LogP contribution < -0.4 is 10.5 Å². The lowest BCUT2D eigenvalue weighted by molar-refractivity contribution is -0.115. The summed E-state index contributed by atoms with van der Waals surface area (Å²) in [4.78, 5) is 10.9. The summed E-state index contributed by atoms with van der Waals surface area (Å²) in [5.41, 5.74) is 5.18. The molecule has 1 heterocycles. The van der Waals surface area contributed by atoms with Crippen LogP contribution in [0, 0.1) is 0 Å². The number of hydrogen-bond donors (Lipinski definition) is 1. The fraction of sp³-hybridized carbons (Fsp3) is 0.267. The number of hydrogen-bond acceptors (Lipinski definition) is 5. The van der Waals surface area contributed by atoms with Gasteiger partial charge in [-0.15, -0.1) is 16.8 Å². The van der Waals surface area contributed by atoms with E-state index in [1.165, 1.54) is 11.8 Å². The number of carbonyl (C=O) groups excluding carboxylic acids is 1. The van der Waals surface area contributed by atoms with E-state index < -0.39 is 5.91 Å². The van der Waals surface area contributed by atoms with Gasteiger partial charge in [-0.25, -0.2) is 0 Å². The maximum Gasteiger partial charge on any atom is 0.227 e. The number of nitrogens with two attached hydrogens (primary N) is 1. The van der Waals surface area contributed by atoms with E-state index in [1.54, 1.807) is 6.08 Å². The topological polar surface area (TPSA) is 83.0 Å². The molecule has 2 N–H and O–H groups in total. The molecule has 23 heavy (non-hydrogen) atoms. The number of thioether (sulfide) groups is 1. The first kappa shape index (κ1) is 17.6. The minimum absolute atomic E-state index is 0.150. The van der Waals surface area contributed by atoms with Crippen molar-refractivity contribution in [1.82, 2.24) is 14.8 Å². The lowest BCUT2D eigenvalue weighted by Gasteiger charge is -2.15. The number of benzene rings is 1. The maximum absolute atomic E-state index is 10.9. The van der Waals surface area contributed by atoms with Crippen LogP contribution in [0.2, 0.25) is 0 Å². The average molecular weight is 397 g/mol. The monoisotopic (exact) mass is 396 g/mol. The van der Waals surface area contributed by atoms with E-state index in [2.05, 4.69) is 32.7 Å². The predicted molar refractivity (Wildman–Crippen MR) is 93.3 cm³/mol. The zero-order chi connectivity index (χ0) is 16.8. The van der Waals surface area contributed by atoms with Crippen LogP contribution in [0.25, 0.3) is 0 Å². The molecule has 1 aromatic carbocycles. The minimum Gasteiger partial charge on any atom is -0.483 e. The van der Waals surface area contributed by atoms with Gasteiger partial charge in [0.2, 0.25) is 5.91 Å². The van der Waals surface area contributed by atoms with Gasteiger partial charge in [-0.05, 0) is 31.2 Å². The second kappa shape index (κ2) is 8.16. The normalized spacial score (nSPS) is 11.9. The van der Waals surface area contributed by atoms with Crippen molar-refractivity contribution in [2.24, 2.45) is 5.73 Å². The standard InChI is InChI=1S/C15H17BrN4O2S/c1-3-8-20-14(18-19-15(20)23-9-13(17)21)10(2)22-12-6-4-11(16)5-7-12/h3-7,10H,1,8-9H2,2H3,(H2,17,21). The highest BCUT2D eigenvalue weighted by molar-refractivity contribution is 9.10. The van der Waals surface area contributed by atoms with E-state index in [9.17, 15) is 4.79 Å². The quantitative estimate of drug-likeness (QED) is 0.547. The Morgan fingerprint density at radius 3 is 2.78 bits per heavy atom. The van der Waals surface area contributed by atoms with Crippen LogP contribution in [0.3, 0.4) is 0 Å². The number of primary amides is 1. The highest BCUT2D eigenvalue weighted by Crippen LogP contribution is 2.25. The second-order valence-electron chi connectivity index (χ2n) is 4.71. The van der Waals surface area contributed by atoms with E-state index in [4.69, 9.17) is 10.5 Å². The smallest absolute Gasteiger partial charge is 0.227 e. The number of allylic oxidation sites excluding steroid dienone is 1.